The molecule has 0 radical (unpaired) electrons. The summed E-state index contributed by atoms with van der Waals surface area (Å²) >= 11 is 6.18. The van der Waals surface area contributed by atoms with Crippen molar-refractivity contribution in [1.82, 2.24) is 15.5 Å². The summed E-state index contributed by atoms with van der Waals surface area (Å²) < 4.78 is 0. The number of likely N-dealkylation sites (tertiary alicyclic amines) is 1. The van der Waals surface area contributed by atoms with Crippen LogP contribution in [0.2, 0.25) is 5.02 Å². The largest absolute Gasteiger partial charge is 0.340 e. The monoisotopic (exact) mass is 391 g/mol. The lowest BCUT2D eigenvalue weighted by molar-refractivity contribution is -0.132. The Morgan fingerprint density at radius 3 is 2.59 bits per heavy atom. The molecule has 1 heterocycles. The van der Waals surface area contributed by atoms with Crippen molar-refractivity contribution >= 4 is 23.5 Å². The lowest BCUT2D eigenvalue weighted by atomic mass is 9.91. The van der Waals surface area contributed by atoms with E-state index in [9.17, 15) is 9.59 Å². The second kappa shape index (κ2) is 8.96. The minimum absolute atomic E-state index is 0.0130. The van der Waals surface area contributed by atoms with Gasteiger partial charge in [0.25, 0.3) is 0 Å². The van der Waals surface area contributed by atoms with E-state index < -0.39 is 0 Å². The van der Waals surface area contributed by atoms with E-state index in [4.69, 9.17) is 11.6 Å². The van der Waals surface area contributed by atoms with Crippen LogP contribution in [0.5, 0.6) is 0 Å². The molecule has 3 rings (SSSR count). The average molecular weight is 392 g/mol. The SMILES string of the molecule is CC(=O)N1CC[C@H](NC(=O)N[C@@H](c2cccc(Cl)c2)C2CCCC2)C[C@@H]1C. The van der Waals surface area contributed by atoms with E-state index in [1.807, 2.05) is 36.1 Å². The van der Waals surface area contributed by atoms with Gasteiger partial charge in [-0.2, -0.15) is 0 Å². The number of amides is 3. The number of piperidine rings is 1. The number of urea groups is 1. The van der Waals surface area contributed by atoms with Crippen LogP contribution in [0.1, 0.15) is 64.0 Å². The molecular formula is C21H30ClN3O2. The fourth-order valence-electron chi connectivity index (χ4n) is 4.60. The normalized spacial score (nSPS) is 24.5. The highest BCUT2D eigenvalue weighted by Crippen LogP contribution is 2.36. The van der Waals surface area contributed by atoms with E-state index in [0.29, 0.717) is 17.5 Å². The van der Waals surface area contributed by atoms with Gasteiger partial charge in [-0.1, -0.05) is 36.6 Å². The molecule has 0 unspecified atom stereocenters. The van der Waals surface area contributed by atoms with Gasteiger partial charge in [0, 0.05) is 30.6 Å². The number of hydrogen-bond acceptors (Lipinski definition) is 2. The van der Waals surface area contributed by atoms with Gasteiger partial charge >= 0.3 is 6.03 Å². The first-order chi connectivity index (χ1) is 12.9. The molecule has 0 aromatic heterocycles. The van der Waals surface area contributed by atoms with Crippen LogP contribution in [0.3, 0.4) is 0 Å². The molecule has 1 aliphatic carbocycles. The fraction of sp³-hybridized carbons (Fsp3) is 0.619. The Hall–Kier alpha value is -1.75. The molecule has 1 aliphatic heterocycles. The number of nitrogens with one attached hydrogen (secondary N) is 2. The van der Waals surface area contributed by atoms with Gasteiger partial charge in [0.1, 0.15) is 0 Å². The number of hydrogen-bond donors (Lipinski definition) is 2. The predicted octanol–water partition coefficient (Wildman–Crippen LogP) is 4.27. The molecule has 1 saturated heterocycles. The number of carbonyl (C=O) groups excluding carboxylic acids is 2. The zero-order valence-corrected chi connectivity index (χ0v) is 17.0. The van der Waals surface area contributed by atoms with Crippen molar-refractivity contribution in [1.29, 1.82) is 0 Å². The van der Waals surface area contributed by atoms with Gasteiger partial charge in [-0.15, -0.1) is 0 Å². The molecule has 2 N–H and O–H groups in total. The first kappa shape index (κ1) is 20.0. The van der Waals surface area contributed by atoms with E-state index >= 15 is 0 Å². The van der Waals surface area contributed by atoms with Gasteiger partial charge in [-0.25, -0.2) is 4.79 Å². The molecule has 6 heteroatoms. The second-order valence-corrected chi connectivity index (χ2v) is 8.41. The topological polar surface area (TPSA) is 61.4 Å². The van der Waals surface area contributed by atoms with Crippen molar-refractivity contribution in [2.75, 3.05) is 6.54 Å². The summed E-state index contributed by atoms with van der Waals surface area (Å²) in [5.74, 6) is 0.556. The molecular weight excluding hydrogens is 362 g/mol. The number of carbonyl (C=O) groups is 2. The van der Waals surface area contributed by atoms with Crippen molar-refractivity contribution in [3.05, 3.63) is 34.9 Å². The second-order valence-electron chi connectivity index (χ2n) is 7.98. The van der Waals surface area contributed by atoms with Gasteiger partial charge in [0.05, 0.1) is 6.04 Å². The van der Waals surface area contributed by atoms with Gasteiger partial charge in [-0.3, -0.25) is 4.79 Å². The van der Waals surface area contributed by atoms with Crippen molar-refractivity contribution in [2.45, 2.75) is 70.5 Å². The number of nitrogens with zero attached hydrogens (tertiary/aromatic N) is 1. The highest BCUT2D eigenvalue weighted by Gasteiger charge is 2.31. The zero-order valence-electron chi connectivity index (χ0n) is 16.2. The molecule has 1 saturated carbocycles. The molecule has 27 heavy (non-hydrogen) atoms. The molecule has 3 amide bonds. The number of rotatable bonds is 4. The van der Waals surface area contributed by atoms with Gasteiger partial charge < -0.3 is 15.5 Å². The summed E-state index contributed by atoms with van der Waals surface area (Å²) in [6, 6.07) is 7.92. The summed E-state index contributed by atoms with van der Waals surface area (Å²) in [6.45, 7) is 4.34. The van der Waals surface area contributed by atoms with Crippen LogP contribution in [-0.4, -0.2) is 35.5 Å². The van der Waals surface area contributed by atoms with E-state index in [2.05, 4.69) is 10.6 Å². The highest BCUT2D eigenvalue weighted by atomic mass is 35.5. The predicted molar refractivity (Wildman–Crippen MR) is 108 cm³/mol. The lowest BCUT2D eigenvalue weighted by Gasteiger charge is -2.37. The van der Waals surface area contributed by atoms with Crippen LogP contribution in [-0.2, 0) is 4.79 Å². The number of halogens is 1. The first-order valence-corrected chi connectivity index (χ1v) is 10.4. The Balaban J connectivity index is 1.62. The fourth-order valence-corrected chi connectivity index (χ4v) is 4.80. The van der Waals surface area contributed by atoms with Crippen molar-refractivity contribution in [2.24, 2.45) is 5.92 Å². The molecule has 2 fully saturated rings. The summed E-state index contributed by atoms with van der Waals surface area (Å²) in [5, 5.41) is 7.03. The molecule has 3 atom stereocenters. The minimum atomic E-state index is -0.125. The quantitative estimate of drug-likeness (QED) is 0.805. The average Bonchev–Trinajstić information content (AvgIpc) is 3.13. The molecule has 0 spiro atoms. The smallest absolute Gasteiger partial charge is 0.315 e. The summed E-state index contributed by atoms with van der Waals surface area (Å²) in [4.78, 5) is 26.2. The Morgan fingerprint density at radius 1 is 1.22 bits per heavy atom. The maximum Gasteiger partial charge on any atom is 0.315 e. The Morgan fingerprint density at radius 2 is 1.96 bits per heavy atom. The molecule has 1 aromatic rings. The third-order valence-corrected chi connectivity index (χ3v) is 6.22. The van der Waals surface area contributed by atoms with Crippen LogP contribution >= 0.6 is 11.6 Å². The van der Waals surface area contributed by atoms with E-state index in [1.54, 1.807) is 6.92 Å². The standard InChI is InChI=1S/C21H30ClN3O2/c1-14-12-19(10-11-25(14)15(2)26)23-21(27)24-20(16-6-3-4-7-16)17-8-5-9-18(22)13-17/h5,8-9,13-14,16,19-20H,3-4,6-7,10-12H2,1-2H3,(H2,23,24,27)/t14-,19-,20+/m0/s1. The molecule has 0 bridgehead atoms. The van der Waals surface area contributed by atoms with Crippen LogP contribution < -0.4 is 10.6 Å². The van der Waals surface area contributed by atoms with E-state index in [1.165, 1.54) is 12.8 Å². The van der Waals surface area contributed by atoms with E-state index in [0.717, 1.165) is 31.2 Å². The lowest BCUT2D eigenvalue weighted by Crippen LogP contribution is -2.52. The third-order valence-electron chi connectivity index (χ3n) is 5.98. The number of benzene rings is 1. The van der Waals surface area contributed by atoms with Gasteiger partial charge in [0.15, 0.2) is 0 Å². The van der Waals surface area contributed by atoms with Crippen LogP contribution in [0.15, 0.2) is 24.3 Å². The van der Waals surface area contributed by atoms with Crippen molar-refractivity contribution in [3.8, 4) is 0 Å². The maximum absolute atomic E-state index is 12.7. The van der Waals surface area contributed by atoms with E-state index in [-0.39, 0.29) is 30.1 Å². The maximum atomic E-state index is 12.7. The summed E-state index contributed by atoms with van der Waals surface area (Å²) in [7, 11) is 0. The molecule has 2 aliphatic rings. The Kier molecular flexibility index (Phi) is 6.64. The molecule has 1 aromatic carbocycles. The van der Waals surface area contributed by atoms with Gasteiger partial charge in [0.2, 0.25) is 5.91 Å². The summed E-state index contributed by atoms with van der Waals surface area (Å²) in [6.07, 6.45) is 6.27. The highest BCUT2D eigenvalue weighted by molar-refractivity contribution is 6.30. The van der Waals surface area contributed by atoms with Crippen molar-refractivity contribution < 1.29 is 9.59 Å². The summed E-state index contributed by atoms with van der Waals surface area (Å²) in [5.41, 5.74) is 1.07. The van der Waals surface area contributed by atoms with Crippen LogP contribution in [0, 0.1) is 5.92 Å². The van der Waals surface area contributed by atoms with Crippen LogP contribution in [0.4, 0.5) is 4.79 Å². The first-order valence-electron chi connectivity index (χ1n) is 10.0. The Bertz CT molecular complexity index is 675. The Labute approximate surface area is 166 Å². The third kappa shape index (κ3) is 5.16. The van der Waals surface area contributed by atoms with Gasteiger partial charge in [-0.05, 0) is 56.2 Å². The van der Waals surface area contributed by atoms with Crippen LogP contribution in [0.25, 0.3) is 0 Å². The molecule has 148 valence electrons. The zero-order chi connectivity index (χ0) is 19.4. The van der Waals surface area contributed by atoms with Crippen molar-refractivity contribution in [3.63, 3.8) is 0 Å². The minimum Gasteiger partial charge on any atom is -0.340 e. The molecule has 5 nitrogen and oxygen atoms in total.